The zero-order chi connectivity index (χ0) is 17.4. The topological polar surface area (TPSA) is 80.6 Å². The Morgan fingerprint density at radius 1 is 1.24 bits per heavy atom. The van der Waals surface area contributed by atoms with Crippen molar-refractivity contribution >= 4 is 11.8 Å². The van der Waals surface area contributed by atoms with Gasteiger partial charge in [-0.2, -0.15) is 5.10 Å². The van der Waals surface area contributed by atoms with Crippen LogP contribution in [0.5, 0.6) is 0 Å². The van der Waals surface area contributed by atoms with E-state index in [1.165, 1.54) is 6.33 Å². The number of para-hydroxylation sites is 1. The first kappa shape index (κ1) is 15.8. The maximum Gasteiger partial charge on any atom is 0.256 e. The summed E-state index contributed by atoms with van der Waals surface area (Å²) in [6.45, 7) is 1.63. The summed E-state index contributed by atoms with van der Waals surface area (Å²) in [5, 5.41) is 4.13. The van der Waals surface area contributed by atoms with Gasteiger partial charge in [-0.3, -0.25) is 9.59 Å². The van der Waals surface area contributed by atoms with E-state index in [4.69, 9.17) is 4.74 Å². The summed E-state index contributed by atoms with van der Waals surface area (Å²) < 4.78 is 7.17. The maximum atomic E-state index is 13.2. The predicted molar refractivity (Wildman–Crippen MR) is 88.1 cm³/mol. The lowest BCUT2D eigenvalue weighted by Crippen LogP contribution is -2.45. The van der Waals surface area contributed by atoms with E-state index in [2.05, 4.69) is 10.1 Å². The van der Waals surface area contributed by atoms with Crippen LogP contribution in [0.3, 0.4) is 0 Å². The third-order valence-electron chi connectivity index (χ3n) is 4.83. The molecule has 0 spiro atoms. The van der Waals surface area contributed by atoms with E-state index in [-0.39, 0.29) is 23.8 Å². The lowest BCUT2D eigenvalue weighted by Gasteiger charge is -2.29. The Bertz CT molecular complexity index is 791. The van der Waals surface area contributed by atoms with Crippen LogP contribution in [0.25, 0.3) is 5.69 Å². The Kier molecular flexibility index (Phi) is 3.96. The Morgan fingerprint density at radius 3 is 2.88 bits per heavy atom. The van der Waals surface area contributed by atoms with Crippen LogP contribution >= 0.6 is 0 Å². The van der Waals surface area contributed by atoms with Gasteiger partial charge in [0.25, 0.3) is 5.91 Å². The van der Waals surface area contributed by atoms with E-state index in [0.717, 1.165) is 0 Å². The average Bonchev–Trinajstić information content (AvgIpc) is 3.07. The molecule has 25 heavy (non-hydrogen) atoms. The third-order valence-corrected chi connectivity index (χ3v) is 4.83. The molecule has 0 saturated carbocycles. The average molecular weight is 341 g/mol. The van der Waals surface area contributed by atoms with Crippen LogP contribution in [-0.2, 0) is 9.53 Å². The fraction of sp³-hybridized carbons (Fsp3) is 0.412. The number of amides is 2. The second kappa shape index (κ2) is 6.29. The van der Waals surface area contributed by atoms with Crippen molar-refractivity contribution in [3.63, 3.8) is 0 Å². The van der Waals surface area contributed by atoms with E-state index in [9.17, 15) is 9.59 Å². The number of aromatic nitrogens is 3. The van der Waals surface area contributed by atoms with Crippen LogP contribution in [0.4, 0.5) is 0 Å². The molecular weight excluding hydrogens is 322 g/mol. The maximum absolute atomic E-state index is 13.2. The van der Waals surface area contributed by atoms with Gasteiger partial charge in [0.1, 0.15) is 12.7 Å². The zero-order valence-corrected chi connectivity index (χ0v) is 13.9. The first-order valence-electron chi connectivity index (χ1n) is 8.23. The van der Waals surface area contributed by atoms with Crippen LogP contribution in [0.1, 0.15) is 10.4 Å². The summed E-state index contributed by atoms with van der Waals surface area (Å²) in [7, 11) is 1.78. The monoisotopic (exact) mass is 341 g/mol. The summed E-state index contributed by atoms with van der Waals surface area (Å²) in [6.07, 6.45) is 3.00. The minimum atomic E-state index is -0.319. The molecule has 2 aliphatic rings. The van der Waals surface area contributed by atoms with Crippen LogP contribution < -0.4 is 0 Å². The fourth-order valence-electron chi connectivity index (χ4n) is 3.42. The normalized spacial score (nSPS) is 23.5. The summed E-state index contributed by atoms with van der Waals surface area (Å²) in [6, 6.07) is 7.17. The molecule has 2 fully saturated rings. The molecule has 0 N–H and O–H groups in total. The van der Waals surface area contributed by atoms with Crippen LogP contribution in [0, 0.1) is 5.92 Å². The minimum absolute atomic E-state index is 0.0439. The largest absolute Gasteiger partial charge is 0.378 e. The molecule has 8 nitrogen and oxygen atoms in total. The fourth-order valence-corrected chi connectivity index (χ4v) is 3.42. The van der Waals surface area contributed by atoms with Gasteiger partial charge in [-0.05, 0) is 12.1 Å². The molecule has 3 heterocycles. The van der Waals surface area contributed by atoms with Gasteiger partial charge in [0.05, 0.1) is 36.4 Å². The van der Waals surface area contributed by atoms with Gasteiger partial charge >= 0.3 is 0 Å². The van der Waals surface area contributed by atoms with E-state index < -0.39 is 0 Å². The van der Waals surface area contributed by atoms with Crippen molar-refractivity contribution in [3.8, 4) is 5.69 Å². The molecule has 130 valence electrons. The van der Waals surface area contributed by atoms with Crippen molar-refractivity contribution in [2.75, 3.05) is 33.4 Å². The molecule has 2 atom stereocenters. The molecule has 8 heteroatoms. The van der Waals surface area contributed by atoms with Crippen molar-refractivity contribution in [3.05, 3.63) is 42.5 Å². The summed E-state index contributed by atoms with van der Waals surface area (Å²) in [5.74, 6) is -0.381. The molecule has 0 radical (unpaired) electrons. The molecule has 2 aliphatic heterocycles. The summed E-state index contributed by atoms with van der Waals surface area (Å²) in [5.41, 5.74) is 1.22. The number of benzene rings is 1. The number of carbonyl (C=O) groups is 2. The molecule has 2 amide bonds. The summed E-state index contributed by atoms with van der Waals surface area (Å²) in [4.78, 5) is 33.1. The highest BCUT2D eigenvalue weighted by molar-refractivity contribution is 5.98. The molecular formula is C17H19N5O3. The van der Waals surface area contributed by atoms with Crippen LogP contribution in [-0.4, -0.2) is 75.8 Å². The van der Waals surface area contributed by atoms with E-state index >= 15 is 0 Å². The van der Waals surface area contributed by atoms with Gasteiger partial charge in [-0.15, -0.1) is 0 Å². The first-order valence-corrected chi connectivity index (χ1v) is 8.23. The highest BCUT2D eigenvalue weighted by Gasteiger charge is 2.39. The SMILES string of the molecule is CN1C(=O)[C@H]2COC[C@@H]1CN(C(=O)c1ccccc1-n1cncn1)C2. The summed E-state index contributed by atoms with van der Waals surface area (Å²) >= 11 is 0. The highest BCUT2D eigenvalue weighted by atomic mass is 16.5. The number of hydrogen-bond acceptors (Lipinski definition) is 5. The quantitative estimate of drug-likeness (QED) is 0.779. The number of carbonyl (C=O) groups excluding carboxylic acids is 2. The Hall–Kier alpha value is -2.74. The Balaban J connectivity index is 1.67. The van der Waals surface area contributed by atoms with Crippen molar-refractivity contribution in [1.82, 2.24) is 24.6 Å². The minimum Gasteiger partial charge on any atom is -0.378 e. The number of rotatable bonds is 2. The first-order chi connectivity index (χ1) is 12.1. The van der Waals surface area contributed by atoms with E-state index in [0.29, 0.717) is 37.6 Å². The molecule has 2 saturated heterocycles. The standard InChI is InChI=1S/C17H19N5O3/c1-20-13-7-21(6-12(16(20)23)8-25-9-13)17(24)14-4-2-3-5-15(14)22-11-18-10-19-22/h2-5,10-13H,6-9H2,1H3/t12-,13+/m1/s1. The third kappa shape index (κ3) is 2.78. The van der Waals surface area contributed by atoms with Crippen LogP contribution in [0.2, 0.25) is 0 Å². The van der Waals surface area contributed by atoms with Crippen molar-refractivity contribution in [2.45, 2.75) is 6.04 Å². The number of fused-ring (bicyclic) bond motifs is 3. The molecule has 2 aromatic rings. The molecule has 2 bridgehead atoms. The predicted octanol–water partition coefficient (Wildman–Crippen LogP) is 0.196. The van der Waals surface area contributed by atoms with E-state index in [1.807, 2.05) is 18.2 Å². The second-order valence-electron chi connectivity index (χ2n) is 6.40. The lowest BCUT2D eigenvalue weighted by atomic mass is 10.1. The van der Waals surface area contributed by atoms with Gasteiger partial charge in [0.2, 0.25) is 5.91 Å². The van der Waals surface area contributed by atoms with Gasteiger partial charge < -0.3 is 14.5 Å². The molecule has 0 aliphatic carbocycles. The number of likely N-dealkylation sites (N-methyl/N-ethyl adjacent to an activating group) is 1. The molecule has 1 aromatic heterocycles. The number of nitrogens with zero attached hydrogens (tertiary/aromatic N) is 5. The highest BCUT2D eigenvalue weighted by Crippen LogP contribution is 2.23. The molecule has 0 unspecified atom stereocenters. The van der Waals surface area contributed by atoms with Gasteiger partial charge in [0, 0.05) is 20.1 Å². The van der Waals surface area contributed by atoms with Gasteiger partial charge in [-0.25, -0.2) is 9.67 Å². The zero-order valence-electron chi connectivity index (χ0n) is 13.9. The Morgan fingerprint density at radius 2 is 2.08 bits per heavy atom. The van der Waals surface area contributed by atoms with Crippen molar-refractivity contribution in [2.24, 2.45) is 5.92 Å². The number of hydrogen-bond donors (Lipinski definition) is 0. The smallest absolute Gasteiger partial charge is 0.256 e. The van der Waals surface area contributed by atoms with Crippen molar-refractivity contribution < 1.29 is 14.3 Å². The van der Waals surface area contributed by atoms with Gasteiger partial charge in [0.15, 0.2) is 0 Å². The van der Waals surface area contributed by atoms with Gasteiger partial charge in [-0.1, -0.05) is 12.1 Å². The van der Waals surface area contributed by atoms with E-state index in [1.54, 1.807) is 33.9 Å². The van der Waals surface area contributed by atoms with Crippen LogP contribution in [0.15, 0.2) is 36.9 Å². The molecule has 4 rings (SSSR count). The van der Waals surface area contributed by atoms with Crippen molar-refractivity contribution in [1.29, 1.82) is 0 Å². The lowest BCUT2D eigenvalue weighted by molar-refractivity contribution is -0.133. The Labute approximate surface area is 145 Å². The second-order valence-corrected chi connectivity index (χ2v) is 6.40. The number of ether oxygens (including phenoxy) is 1. The molecule has 1 aromatic carbocycles.